The first-order valence-electron chi connectivity index (χ1n) is 7.95. The summed E-state index contributed by atoms with van der Waals surface area (Å²) in [5, 5.41) is 13.9. The standard InChI is InChI=1S/C19H20BrNO3/c1-24-16-7-8-17-13(11-16)5-3-9-19(17,23)12-21-18(22)14-4-2-6-15(20)10-14/h2,4,6-8,10-11,23H,3,5,9,12H2,1H3,(H,21,22). The molecule has 0 spiro atoms. The van der Waals surface area contributed by atoms with Gasteiger partial charge in [-0.25, -0.2) is 0 Å². The van der Waals surface area contributed by atoms with E-state index in [0.717, 1.165) is 34.2 Å². The SMILES string of the molecule is COc1ccc2c(c1)CCCC2(O)CNC(=O)c1cccc(Br)c1. The van der Waals surface area contributed by atoms with Gasteiger partial charge in [-0.05, 0) is 60.7 Å². The van der Waals surface area contributed by atoms with E-state index in [1.807, 2.05) is 30.3 Å². The minimum atomic E-state index is -1.04. The van der Waals surface area contributed by atoms with Gasteiger partial charge in [-0.1, -0.05) is 28.1 Å². The van der Waals surface area contributed by atoms with Gasteiger partial charge in [0.15, 0.2) is 0 Å². The molecule has 24 heavy (non-hydrogen) atoms. The minimum absolute atomic E-state index is 0.189. The minimum Gasteiger partial charge on any atom is -0.497 e. The lowest BCUT2D eigenvalue weighted by Gasteiger charge is -2.35. The molecule has 1 amide bonds. The molecule has 1 aliphatic carbocycles. The summed E-state index contributed by atoms with van der Waals surface area (Å²) in [6, 6.07) is 12.9. The lowest BCUT2D eigenvalue weighted by Crippen LogP contribution is -2.43. The summed E-state index contributed by atoms with van der Waals surface area (Å²) in [6.45, 7) is 0.192. The summed E-state index contributed by atoms with van der Waals surface area (Å²) >= 11 is 3.36. The van der Waals surface area contributed by atoms with E-state index in [1.165, 1.54) is 0 Å². The van der Waals surface area contributed by atoms with E-state index in [9.17, 15) is 9.90 Å². The number of methoxy groups -OCH3 is 1. The van der Waals surface area contributed by atoms with Crippen LogP contribution in [0.15, 0.2) is 46.9 Å². The first kappa shape index (κ1) is 17.0. The van der Waals surface area contributed by atoms with Crippen molar-refractivity contribution >= 4 is 21.8 Å². The number of aryl methyl sites for hydroxylation is 1. The van der Waals surface area contributed by atoms with Gasteiger partial charge >= 0.3 is 0 Å². The quantitative estimate of drug-likeness (QED) is 0.841. The third-order valence-electron chi connectivity index (χ3n) is 4.48. The average molecular weight is 390 g/mol. The predicted molar refractivity (Wildman–Crippen MR) is 96.3 cm³/mol. The number of rotatable bonds is 4. The molecule has 4 nitrogen and oxygen atoms in total. The van der Waals surface area contributed by atoms with E-state index >= 15 is 0 Å². The third kappa shape index (κ3) is 3.47. The zero-order valence-corrected chi connectivity index (χ0v) is 15.1. The molecule has 2 aromatic carbocycles. The van der Waals surface area contributed by atoms with Crippen molar-refractivity contribution in [2.75, 3.05) is 13.7 Å². The van der Waals surface area contributed by atoms with Crippen molar-refractivity contribution in [2.24, 2.45) is 0 Å². The molecular weight excluding hydrogens is 370 g/mol. The molecule has 1 aliphatic rings. The van der Waals surface area contributed by atoms with Crippen molar-refractivity contribution in [3.05, 3.63) is 63.6 Å². The second kappa shape index (κ2) is 6.95. The summed E-state index contributed by atoms with van der Waals surface area (Å²) in [6.07, 6.45) is 2.42. The number of carbonyl (C=O) groups is 1. The van der Waals surface area contributed by atoms with Gasteiger partial charge < -0.3 is 15.2 Å². The molecule has 0 saturated heterocycles. The normalized spacial score (nSPS) is 19.5. The predicted octanol–water partition coefficient (Wildman–Crippen LogP) is 3.41. The summed E-state index contributed by atoms with van der Waals surface area (Å²) in [7, 11) is 1.63. The largest absolute Gasteiger partial charge is 0.497 e. The number of aliphatic hydroxyl groups is 1. The van der Waals surface area contributed by atoms with Crippen molar-refractivity contribution < 1.29 is 14.6 Å². The van der Waals surface area contributed by atoms with E-state index in [4.69, 9.17) is 4.74 Å². The van der Waals surface area contributed by atoms with Crippen molar-refractivity contribution in [1.82, 2.24) is 5.32 Å². The summed E-state index contributed by atoms with van der Waals surface area (Å²) in [5.41, 5.74) is 1.49. The molecule has 1 atom stereocenters. The number of amides is 1. The van der Waals surface area contributed by atoms with Gasteiger partial charge in [-0.2, -0.15) is 0 Å². The number of ether oxygens (including phenoxy) is 1. The average Bonchev–Trinajstić information content (AvgIpc) is 2.59. The molecule has 0 aromatic heterocycles. The first-order chi connectivity index (χ1) is 11.5. The third-order valence-corrected chi connectivity index (χ3v) is 4.97. The lowest BCUT2D eigenvalue weighted by molar-refractivity contribution is 0.0189. The molecule has 126 valence electrons. The highest BCUT2D eigenvalue weighted by Crippen LogP contribution is 2.36. The number of hydrogen-bond acceptors (Lipinski definition) is 3. The molecule has 0 aliphatic heterocycles. The van der Waals surface area contributed by atoms with E-state index in [1.54, 1.807) is 19.2 Å². The first-order valence-corrected chi connectivity index (χ1v) is 8.75. The monoisotopic (exact) mass is 389 g/mol. The number of hydrogen-bond donors (Lipinski definition) is 2. The molecule has 2 N–H and O–H groups in total. The Morgan fingerprint density at radius 3 is 2.92 bits per heavy atom. The Balaban J connectivity index is 1.77. The Bertz CT molecular complexity index is 762. The van der Waals surface area contributed by atoms with Gasteiger partial charge in [-0.15, -0.1) is 0 Å². The maximum atomic E-state index is 12.3. The fraction of sp³-hybridized carbons (Fsp3) is 0.316. The summed E-state index contributed by atoms with van der Waals surface area (Å²) < 4.78 is 6.11. The second-order valence-corrected chi connectivity index (χ2v) is 7.02. The molecule has 0 saturated carbocycles. The van der Waals surface area contributed by atoms with E-state index in [-0.39, 0.29) is 12.5 Å². The maximum absolute atomic E-state index is 12.3. The number of carbonyl (C=O) groups excluding carboxylic acids is 1. The molecule has 3 rings (SSSR count). The van der Waals surface area contributed by atoms with Crippen LogP contribution in [0.5, 0.6) is 5.75 Å². The van der Waals surface area contributed by atoms with Crippen molar-refractivity contribution in [3.63, 3.8) is 0 Å². The molecular formula is C19H20BrNO3. The van der Waals surface area contributed by atoms with Gasteiger partial charge in [0.2, 0.25) is 0 Å². The Hall–Kier alpha value is -1.85. The zero-order chi connectivity index (χ0) is 17.2. The van der Waals surface area contributed by atoms with Crippen LogP contribution < -0.4 is 10.1 Å². The van der Waals surface area contributed by atoms with Crippen LogP contribution in [-0.2, 0) is 12.0 Å². The zero-order valence-electron chi connectivity index (χ0n) is 13.5. The van der Waals surface area contributed by atoms with Gasteiger partial charge in [0, 0.05) is 10.0 Å². The number of fused-ring (bicyclic) bond motifs is 1. The van der Waals surface area contributed by atoms with E-state index in [2.05, 4.69) is 21.2 Å². The van der Waals surface area contributed by atoms with Crippen LogP contribution in [0.25, 0.3) is 0 Å². The molecule has 5 heteroatoms. The number of nitrogens with one attached hydrogen (secondary N) is 1. The van der Waals surface area contributed by atoms with Gasteiger partial charge in [-0.3, -0.25) is 4.79 Å². The Labute approximate surface area is 150 Å². The fourth-order valence-corrected chi connectivity index (χ4v) is 3.60. The molecule has 0 radical (unpaired) electrons. The van der Waals surface area contributed by atoms with E-state index < -0.39 is 5.60 Å². The fourth-order valence-electron chi connectivity index (χ4n) is 3.21. The van der Waals surface area contributed by atoms with Gasteiger partial charge in [0.1, 0.15) is 11.4 Å². The van der Waals surface area contributed by atoms with Gasteiger partial charge in [0.25, 0.3) is 5.91 Å². The van der Waals surface area contributed by atoms with Crippen LogP contribution in [0.1, 0.15) is 34.3 Å². The summed E-state index contributed by atoms with van der Waals surface area (Å²) in [5.74, 6) is 0.599. The van der Waals surface area contributed by atoms with Gasteiger partial charge in [0.05, 0.1) is 13.7 Å². The highest BCUT2D eigenvalue weighted by atomic mass is 79.9. The number of halogens is 1. The Morgan fingerprint density at radius 1 is 1.33 bits per heavy atom. The maximum Gasteiger partial charge on any atom is 0.251 e. The topological polar surface area (TPSA) is 58.6 Å². The molecule has 1 unspecified atom stereocenters. The van der Waals surface area contributed by atoms with Crippen molar-refractivity contribution in [2.45, 2.75) is 24.9 Å². The number of benzene rings is 2. The van der Waals surface area contributed by atoms with Crippen LogP contribution in [0.4, 0.5) is 0 Å². The Kier molecular flexibility index (Phi) is 4.92. The lowest BCUT2D eigenvalue weighted by atomic mass is 9.79. The van der Waals surface area contributed by atoms with Crippen LogP contribution >= 0.6 is 15.9 Å². The van der Waals surface area contributed by atoms with Crippen molar-refractivity contribution in [1.29, 1.82) is 0 Å². The van der Waals surface area contributed by atoms with E-state index in [0.29, 0.717) is 12.0 Å². The highest BCUT2D eigenvalue weighted by molar-refractivity contribution is 9.10. The van der Waals surface area contributed by atoms with Crippen LogP contribution in [0.3, 0.4) is 0 Å². The summed E-state index contributed by atoms with van der Waals surface area (Å²) in [4.78, 5) is 12.3. The molecule has 2 aromatic rings. The molecule has 0 fully saturated rings. The smallest absolute Gasteiger partial charge is 0.251 e. The van der Waals surface area contributed by atoms with Crippen LogP contribution in [0, 0.1) is 0 Å². The highest BCUT2D eigenvalue weighted by Gasteiger charge is 2.34. The Morgan fingerprint density at radius 2 is 2.17 bits per heavy atom. The second-order valence-electron chi connectivity index (χ2n) is 6.10. The molecule has 0 heterocycles. The van der Waals surface area contributed by atoms with Crippen LogP contribution in [-0.4, -0.2) is 24.7 Å². The van der Waals surface area contributed by atoms with Crippen LogP contribution in [0.2, 0.25) is 0 Å². The van der Waals surface area contributed by atoms with Crippen molar-refractivity contribution in [3.8, 4) is 5.75 Å². The molecule has 0 bridgehead atoms.